The third-order valence-corrected chi connectivity index (χ3v) is 3.76. The highest BCUT2D eigenvalue weighted by Crippen LogP contribution is 2.24. The smallest absolute Gasteiger partial charge is 0.319 e. The van der Waals surface area contributed by atoms with E-state index in [0.717, 1.165) is 20.9 Å². The van der Waals surface area contributed by atoms with Gasteiger partial charge in [-0.3, -0.25) is 4.84 Å². The average Bonchev–Trinajstić information content (AvgIpc) is 2.96. The van der Waals surface area contributed by atoms with E-state index in [1.807, 2.05) is 25.1 Å². The number of anilines is 1. The third kappa shape index (κ3) is 2.83. The van der Waals surface area contributed by atoms with Crippen LogP contribution < -0.4 is 16.1 Å². The van der Waals surface area contributed by atoms with Gasteiger partial charge in [-0.05, 0) is 25.1 Å². The Morgan fingerprint density at radius 1 is 1.58 bits per heavy atom. The van der Waals surface area contributed by atoms with E-state index in [0.29, 0.717) is 13.2 Å². The van der Waals surface area contributed by atoms with Crippen LogP contribution in [0.2, 0.25) is 0 Å². The number of rotatable bonds is 2. The molecule has 0 spiro atoms. The van der Waals surface area contributed by atoms with Crippen LogP contribution in [0, 0.1) is 6.92 Å². The molecule has 19 heavy (non-hydrogen) atoms. The summed E-state index contributed by atoms with van der Waals surface area (Å²) in [6.45, 7) is 3.08. The van der Waals surface area contributed by atoms with Gasteiger partial charge in [0.15, 0.2) is 0 Å². The third-order valence-electron chi connectivity index (χ3n) is 2.80. The number of aromatic nitrogens is 1. The zero-order valence-corrected chi connectivity index (χ0v) is 11.2. The molecule has 6 nitrogen and oxygen atoms in total. The maximum Gasteiger partial charge on any atom is 0.319 e. The second-order valence-corrected chi connectivity index (χ2v) is 5.61. The Hall–Kier alpha value is -1.70. The van der Waals surface area contributed by atoms with Gasteiger partial charge in [0, 0.05) is 12.2 Å². The molecule has 0 radical (unpaired) electrons. The fourth-order valence-corrected chi connectivity index (χ4v) is 2.75. The van der Waals surface area contributed by atoms with Gasteiger partial charge >= 0.3 is 6.03 Å². The van der Waals surface area contributed by atoms with Gasteiger partial charge in [0.1, 0.15) is 0 Å². The molecule has 1 atom stereocenters. The summed E-state index contributed by atoms with van der Waals surface area (Å²) in [7, 11) is 0. The number of urea groups is 1. The number of fused-ring (bicyclic) bond motifs is 1. The minimum atomic E-state index is -0.233. The molecule has 2 heterocycles. The Labute approximate surface area is 114 Å². The maximum absolute atomic E-state index is 11.8. The SMILES string of the molecule is Cc1nc2cc(NC(=O)NC3CNOC3)ccc2s1. The van der Waals surface area contributed by atoms with E-state index < -0.39 is 0 Å². The van der Waals surface area contributed by atoms with Crippen LogP contribution in [0.4, 0.5) is 10.5 Å². The summed E-state index contributed by atoms with van der Waals surface area (Å²) in [5.74, 6) is 0. The number of hydrogen-bond acceptors (Lipinski definition) is 5. The standard InChI is InChI=1S/C12H14N4O2S/c1-7-14-10-4-8(2-3-11(10)19-7)15-12(17)16-9-5-13-18-6-9/h2-4,9,13H,5-6H2,1H3,(H2,15,16,17). The molecule has 3 rings (SSSR count). The molecule has 100 valence electrons. The molecule has 2 amide bonds. The summed E-state index contributed by atoms with van der Waals surface area (Å²) in [5, 5.41) is 6.65. The Balaban J connectivity index is 1.68. The number of thiazole rings is 1. The monoisotopic (exact) mass is 278 g/mol. The first-order chi connectivity index (χ1) is 9.20. The number of carbonyl (C=O) groups is 1. The molecule has 1 aliphatic heterocycles. The van der Waals surface area contributed by atoms with Crippen molar-refractivity contribution in [2.75, 3.05) is 18.5 Å². The molecular formula is C12H14N4O2S. The molecule has 0 aliphatic carbocycles. The zero-order chi connectivity index (χ0) is 13.2. The quantitative estimate of drug-likeness (QED) is 0.780. The summed E-state index contributed by atoms with van der Waals surface area (Å²) >= 11 is 1.64. The topological polar surface area (TPSA) is 75.3 Å². The fraction of sp³-hybridized carbons (Fsp3) is 0.333. The van der Waals surface area contributed by atoms with Crippen molar-refractivity contribution in [2.24, 2.45) is 0 Å². The van der Waals surface area contributed by atoms with Crippen molar-refractivity contribution in [1.82, 2.24) is 15.8 Å². The largest absolute Gasteiger partial charge is 0.331 e. The van der Waals surface area contributed by atoms with Gasteiger partial charge in [-0.15, -0.1) is 11.3 Å². The van der Waals surface area contributed by atoms with Crippen molar-refractivity contribution in [3.63, 3.8) is 0 Å². The molecule has 1 saturated heterocycles. The van der Waals surface area contributed by atoms with Crippen LogP contribution in [-0.4, -0.2) is 30.2 Å². The molecule has 1 fully saturated rings. The lowest BCUT2D eigenvalue weighted by Gasteiger charge is -2.11. The van der Waals surface area contributed by atoms with Crippen LogP contribution in [0.1, 0.15) is 5.01 Å². The van der Waals surface area contributed by atoms with Crippen molar-refractivity contribution in [2.45, 2.75) is 13.0 Å². The van der Waals surface area contributed by atoms with Crippen molar-refractivity contribution >= 4 is 33.3 Å². The lowest BCUT2D eigenvalue weighted by Crippen LogP contribution is -2.40. The summed E-state index contributed by atoms with van der Waals surface area (Å²) in [4.78, 5) is 21.2. The lowest BCUT2D eigenvalue weighted by atomic mass is 10.3. The Kier molecular flexibility index (Phi) is 3.33. The fourth-order valence-electron chi connectivity index (χ4n) is 1.94. The first kappa shape index (κ1) is 12.3. The normalized spacial score (nSPS) is 18.7. The van der Waals surface area contributed by atoms with Crippen LogP contribution >= 0.6 is 11.3 Å². The second-order valence-electron chi connectivity index (χ2n) is 4.37. The van der Waals surface area contributed by atoms with E-state index in [9.17, 15) is 4.79 Å². The number of hydrogen-bond donors (Lipinski definition) is 3. The summed E-state index contributed by atoms with van der Waals surface area (Å²) in [5.41, 5.74) is 4.36. The average molecular weight is 278 g/mol. The van der Waals surface area contributed by atoms with Crippen LogP contribution in [0.25, 0.3) is 10.2 Å². The summed E-state index contributed by atoms with van der Waals surface area (Å²) in [6, 6.07) is 5.49. The van der Waals surface area contributed by atoms with Crippen molar-refractivity contribution in [3.05, 3.63) is 23.2 Å². The number of carbonyl (C=O) groups excluding carboxylic acids is 1. The summed E-state index contributed by atoms with van der Waals surface area (Å²) in [6.07, 6.45) is 0. The highest BCUT2D eigenvalue weighted by Gasteiger charge is 2.17. The highest BCUT2D eigenvalue weighted by molar-refractivity contribution is 7.18. The molecule has 0 saturated carbocycles. The van der Waals surface area contributed by atoms with Gasteiger partial charge in [-0.1, -0.05) is 0 Å². The second kappa shape index (κ2) is 5.12. The van der Waals surface area contributed by atoms with Crippen LogP contribution in [0.3, 0.4) is 0 Å². The number of nitrogens with zero attached hydrogens (tertiary/aromatic N) is 1. The van der Waals surface area contributed by atoms with Gasteiger partial charge in [0.2, 0.25) is 0 Å². The highest BCUT2D eigenvalue weighted by atomic mass is 32.1. The van der Waals surface area contributed by atoms with Crippen molar-refractivity contribution in [1.29, 1.82) is 0 Å². The number of nitrogens with one attached hydrogen (secondary N) is 3. The molecule has 1 aliphatic rings. The van der Waals surface area contributed by atoms with Crippen LogP contribution in [0.15, 0.2) is 18.2 Å². The number of aryl methyl sites for hydroxylation is 1. The first-order valence-electron chi connectivity index (χ1n) is 6.00. The Morgan fingerprint density at radius 2 is 2.47 bits per heavy atom. The molecule has 1 aromatic heterocycles. The molecule has 7 heteroatoms. The van der Waals surface area contributed by atoms with Gasteiger partial charge in [-0.25, -0.2) is 15.3 Å². The zero-order valence-electron chi connectivity index (χ0n) is 10.4. The molecule has 1 unspecified atom stereocenters. The van der Waals surface area contributed by atoms with E-state index in [1.165, 1.54) is 0 Å². The van der Waals surface area contributed by atoms with E-state index in [4.69, 9.17) is 4.84 Å². The van der Waals surface area contributed by atoms with Gasteiger partial charge in [0.25, 0.3) is 0 Å². The van der Waals surface area contributed by atoms with E-state index >= 15 is 0 Å². The minimum absolute atomic E-state index is 0.00486. The van der Waals surface area contributed by atoms with E-state index in [1.54, 1.807) is 11.3 Å². The van der Waals surface area contributed by atoms with Gasteiger partial charge < -0.3 is 10.6 Å². The predicted octanol–water partition coefficient (Wildman–Crippen LogP) is 1.63. The Morgan fingerprint density at radius 3 is 3.26 bits per heavy atom. The molecule has 0 bridgehead atoms. The number of hydroxylamine groups is 1. The minimum Gasteiger partial charge on any atom is -0.331 e. The molecule has 3 N–H and O–H groups in total. The predicted molar refractivity (Wildman–Crippen MR) is 74.3 cm³/mol. The maximum atomic E-state index is 11.8. The van der Waals surface area contributed by atoms with E-state index in [2.05, 4.69) is 21.1 Å². The van der Waals surface area contributed by atoms with Crippen LogP contribution in [0.5, 0.6) is 0 Å². The molecular weight excluding hydrogens is 264 g/mol. The lowest BCUT2D eigenvalue weighted by molar-refractivity contribution is 0.0996. The van der Waals surface area contributed by atoms with Gasteiger partial charge in [-0.2, -0.15) is 0 Å². The number of benzene rings is 1. The van der Waals surface area contributed by atoms with Gasteiger partial charge in [0.05, 0.1) is 27.9 Å². The van der Waals surface area contributed by atoms with E-state index in [-0.39, 0.29) is 12.1 Å². The van der Waals surface area contributed by atoms with Crippen molar-refractivity contribution in [3.8, 4) is 0 Å². The van der Waals surface area contributed by atoms with Crippen molar-refractivity contribution < 1.29 is 9.63 Å². The molecule has 1 aromatic carbocycles. The van der Waals surface area contributed by atoms with Crippen LogP contribution in [-0.2, 0) is 4.84 Å². The summed E-state index contributed by atoms with van der Waals surface area (Å²) < 4.78 is 1.12. The Bertz CT molecular complexity index is 607. The number of amides is 2. The first-order valence-corrected chi connectivity index (χ1v) is 6.82. The molecule has 2 aromatic rings.